The van der Waals surface area contributed by atoms with Crippen molar-refractivity contribution in [3.63, 3.8) is 0 Å². The highest BCUT2D eigenvalue weighted by molar-refractivity contribution is 9.10. The molecular weight excluding hydrogens is 361 g/mol. The van der Waals surface area contributed by atoms with Crippen molar-refractivity contribution in [3.05, 3.63) is 63.4 Å². The molecule has 20 heavy (non-hydrogen) atoms. The van der Waals surface area contributed by atoms with Crippen LogP contribution in [-0.2, 0) is 6.42 Å². The van der Waals surface area contributed by atoms with E-state index in [0.717, 1.165) is 21.1 Å². The van der Waals surface area contributed by atoms with Gasteiger partial charge in [0.2, 0.25) is 0 Å². The summed E-state index contributed by atoms with van der Waals surface area (Å²) in [7, 11) is 0. The Bertz CT molecular complexity index is 723. The molecule has 0 fully saturated rings. The van der Waals surface area contributed by atoms with Gasteiger partial charge in [-0.05, 0) is 29.8 Å². The summed E-state index contributed by atoms with van der Waals surface area (Å²) in [5, 5.41) is 0.360. The fourth-order valence-corrected chi connectivity index (χ4v) is 3.21. The summed E-state index contributed by atoms with van der Waals surface area (Å²) < 4.78 is 6.60. The molecule has 0 saturated carbocycles. The molecule has 0 bridgehead atoms. The van der Waals surface area contributed by atoms with Gasteiger partial charge < -0.3 is 4.42 Å². The molecule has 5 heteroatoms. The number of oxazole rings is 1. The number of halogens is 3. The lowest BCUT2D eigenvalue weighted by atomic mass is 10.1. The summed E-state index contributed by atoms with van der Waals surface area (Å²) in [6.45, 7) is 0. The van der Waals surface area contributed by atoms with Crippen molar-refractivity contribution in [1.82, 2.24) is 4.98 Å². The molecule has 0 aliphatic carbocycles. The Labute approximate surface area is 134 Å². The lowest BCUT2D eigenvalue weighted by Crippen LogP contribution is -1.97. The van der Waals surface area contributed by atoms with Crippen LogP contribution in [0.25, 0.3) is 11.1 Å². The standard InChI is InChI=1S/C15H10BrCl2NO/c16-9-5-6-10(11(17)7-9)12(18)8-15-19-13-3-1-2-4-14(13)20-15/h1-7,12H,8H2. The number of fused-ring (bicyclic) bond motifs is 1. The molecular formula is C15H10BrCl2NO. The third-order valence-corrected chi connectivity index (χ3v) is 4.20. The highest BCUT2D eigenvalue weighted by atomic mass is 79.9. The first-order chi connectivity index (χ1) is 9.63. The van der Waals surface area contributed by atoms with E-state index in [1.807, 2.05) is 42.5 Å². The molecule has 0 spiro atoms. The number of rotatable bonds is 3. The number of hydrogen-bond acceptors (Lipinski definition) is 2. The highest BCUT2D eigenvalue weighted by Gasteiger charge is 2.16. The van der Waals surface area contributed by atoms with Crippen molar-refractivity contribution >= 4 is 50.2 Å². The van der Waals surface area contributed by atoms with Crippen LogP contribution >= 0.6 is 39.1 Å². The van der Waals surface area contributed by atoms with Crippen LogP contribution < -0.4 is 0 Å². The molecule has 0 amide bonds. The lowest BCUT2D eigenvalue weighted by molar-refractivity contribution is 0.525. The molecule has 3 rings (SSSR count). The Morgan fingerprint density at radius 2 is 2.00 bits per heavy atom. The summed E-state index contributed by atoms with van der Waals surface area (Å²) in [5.74, 6) is 0.616. The molecule has 2 aromatic carbocycles. The first-order valence-corrected chi connectivity index (χ1v) is 7.67. The number of para-hydroxylation sites is 2. The van der Waals surface area contributed by atoms with Gasteiger partial charge >= 0.3 is 0 Å². The molecule has 0 radical (unpaired) electrons. The number of hydrogen-bond donors (Lipinski definition) is 0. The van der Waals surface area contributed by atoms with Crippen molar-refractivity contribution in [2.45, 2.75) is 11.8 Å². The molecule has 1 unspecified atom stereocenters. The lowest BCUT2D eigenvalue weighted by Gasteiger charge is -2.09. The van der Waals surface area contributed by atoms with Crippen LogP contribution in [0, 0.1) is 0 Å². The van der Waals surface area contributed by atoms with Gasteiger partial charge in [0.05, 0.1) is 5.38 Å². The molecule has 0 N–H and O–H groups in total. The van der Waals surface area contributed by atoms with Gasteiger partial charge in [0.25, 0.3) is 0 Å². The Kier molecular flexibility index (Phi) is 4.01. The molecule has 1 atom stereocenters. The van der Waals surface area contributed by atoms with Crippen LogP contribution in [0.3, 0.4) is 0 Å². The van der Waals surface area contributed by atoms with Crippen LogP contribution in [0.2, 0.25) is 5.02 Å². The zero-order chi connectivity index (χ0) is 14.1. The van der Waals surface area contributed by atoms with E-state index in [0.29, 0.717) is 17.3 Å². The first-order valence-electron chi connectivity index (χ1n) is 6.07. The van der Waals surface area contributed by atoms with Crippen molar-refractivity contribution in [1.29, 1.82) is 0 Å². The van der Waals surface area contributed by atoms with Crippen LogP contribution in [0.5, 0.6) is 0 Å². The molecule has 0 aliphatic rings. The summed E-state index contributed by atoms with van der Waals surface area (Å²) in [5.41, 5.74) is 2.49. The highest BCUT2D eigenvalue weighted by Crippen LogP contribution is 2.33. The second-order valence-corrected chi connectivity index (χ2v) is 6.26. The van der Waals surface area contributed by atoms with Gasteiger partial charge in [0, 0.05) is 15.9 Å². The maximum Gasteiger partial charge on any atom is 0.197 e. The third kappa shape index (κ3) is 2.85. The Morgan fingerprint density at radius 3 is 2.75 bits per heavy atom. The van der Waals surface area contributed by atoms with Gasteiger partial charge in [0.15, 0.2) is 11.5 Å². The van der Waals surface area contributed by atoms with E-state index in [-0.39, 0.29) is 5.38 Å². The topological polar surface area (TPSA) is 26.0 Å². The molecule has 102 valence electrons. The molecule has 1 aromatic heterocycles. The molecule has 1 heterocycles. The fourth-order valence-electron chi connectivity index (χ4n) is 2.03. The maximum absolute atomic E-state index is 6.43. The first kappa shape index (κ1) is 13.9. The van der Waals surface area contributed by atoms with Gasteiger partial charge in [-0.15, -0.1) is 11.6 Å². The van der Waals surface area contributed by atoms with Crippen molar-refractivity contribution in [2.75, 3.05) is 0 Å². The summed E-state index contributed by atoms with van der Waals surface area (Å²) >= 11 is 16.0. The summed E-state index contributed by atoms with van der Waals surface area (Å²) in [6, 6.07) is 13.3. The predicted octanol–water partition coefficient (Wildman–Crippen LogP) is 5.77. The Hall–Kier alpha value is -1.03. The van der Waals surface area contributed by atoms with E-state index < -0.39 is 0 Å². The van der Waals surface area contributed by atoms with Gasteiger partial charge in [-0.2, -0.15) is 0 Å². The zero-order valence-corrected chi connectivity index (χ0v) is 13.4. The average Bonchev–Trinajstić information content (AvgIpc) is 2.80. The fraction of sp³-hybridized carbons (Fsp3) is 0.133. The van der Waals surface area contributed by atoms with Gasteiger partial charge in [-0.25, -0.2) is 4.98 Å². The van der Waals surface area contributed by atoms with Crippen molar-refractivity contribution in [2.24, 2.45) is 0 Å². The van der Waals surface area contributed by atoms with Crippen LogP contribution in [-0.4, -0.2) is 4.98 Å². The van der Waals surface area contributed by atoms with E-state index in [2.05, 4.69) is 20.9 Å². The molecule has 0 aliphatic heterocycles. The second kappa shape index (κ2) is 5.76. The zero-order valence-electron chi connectivity index (χ0n) is 10.3. The van der Waals surface area contributed by atoms with E-state index in [1.165, 1.54) is 0 Å². The van der Waals surface area contributed by atoms with Gasteiger partial charge in [0.1, 0.15) is 5.52 Å². The Balaban J connectivity index is 1.86. The van der Waals surface area contributed by atoms with E-state index >= 15 is 0 Å². The number of nitrogens with zero attached hydrogens (tertiary/aromatic N) is 1. The van der Waals surface area contributed by atoms with E-state index in [1.54, 1.807) is 0 Å². The van der Waals surface area contributed by atoms with E-state index in [9.17, 15) is 0 Å². The third-order valence-electron chi connectivity index (χ3n) is 2.99. The molecule has 0 saturated heterocycles. The average molecular weight is 371 g/mol. The summed E-state index contributed by atoms with van der Waals surface area (Å²) in [6.07, 6.45) is 0.498. The van der Waals surface area contributed by atoms with Crippen molar-refractivity contribution in [3.8, 4) is 0 Å². The maximum atomic E-state index is 6.43. The number of aromatic nitrogens is 1. The predicted molar refractivity (Wildman–Crippen MR) is 85.5 cm³/mol. The minimum atomic E-state index is -0.274. The summed E-state index contributed by atoms with van der Waals surface area (Å²) in [4.78, 5) is 4.42. The van der Waals surface area contributed by atoms with Crippen LogP contribution in [0.15, 0.2) is 51.4 Å². The number of alkyl halides is 1. The minimum absolute atomic E-state index is 0.274. The monoisotopic (exact) mass is 369 g/mol. The van der Waals surface area contributed by atoms with E-state index in [4.69, 9.17) is 27.6 Å². The second-order valence-electron chi connectivity index (χ2n) is 4.41. The molecule has 3 aromatic rings. The number of benzene rings is 2. The van der Waals surface area contributed by atoms with Gasteiger partial charge in [-0.3, -0.25) is 0 Å². The minimum Gasteiger partial charge on any atom is -0.441 e. The smallest absolute Gasteiger partial charge is 0.197 e. The SMILES string of the molecule is Clc1cc(Br)ccc1C(Cl)Cc1nc2ccccc2o1. The Morgan fingerprint density at radius 1 is 1.20 bits per heavy atom. The molecule has 2 nitrogen and oxygen atoms in total. The normalized spacial score (nSPS) is 12.8. The largest absolute Gasteiger partial charge is 0.441 e. The van der Waals surface area contributed by atoms with Crippen molar-refractivity contribution < 1.29 is 4.42 Å². The van der Waals surface area contributed by atoms with Gasteiger partial charge in [-0.1, -0.05) is 45.7 Å². The quantitative estimate of drug-likeness (QED) is 0.547. The van der Waals surface area contributed by atoms with Crippen LogP contribution in [0.4, 0.5) is 0 Å². The van der Waals surface area contributed by atoms with Crippen LogP contribution in [0.1, 0.15) is 16.8 Å².